The molecule has 0 aliphatic carbocycles. The Kier molecular flexibility index (Phi) is 5.71. The Balaban J connectivity index is 0.000000924. The van der Waals surface area contributed by atoms with Crippen molar-refractivity contribution < 1.29 is 4.79 Å². The minimum atomic E-state index is 0.0172. The third kappa shape index (κ3) is 3.52. The van der Waals surface area contributed by atoms with Crippen LogP contribution < -0.4 is 5.32 Å². The van der Waals surface area contributed by atoms with Crippen LogP contribution in [0.1, 0.15) is 51.3 Å². The van der Waals surface area contributed by atoms with Gasteiger partial charge in [-0.1, -0.05) is 27.2 Å². The van der Waals surface area contributed by atoms with Crippen LogP contribution in [0.4, 0.5) is 5.82 Å². The molecule has 0 aliphatic heterocycles. The predicted octanol–water partition coefficient (Wildman–Crippen LogP) is 4.94. The highest BCUT2D eigenvalue weighted by molar-refractivity contribution is 7.26. The number of unbranched alkanes of at least 4 members (excludes halogenated alkanes) is 1. The number of aryl methyl sites for hydroxylation is 2. The molecule has 0 aromatic carbocycles. The minimum Gasteiger partial charge on any atom is -0.308 e. The summed E-state index contributed by atoms with van der Waals surface area (Å²) in [5, 5.41) is 11.3. The number of hydrogen-bond donors (Lipinski definition) is 2. The van der Waals surface area contributed by atoms with Crippen LogP contribution in [0.2, 0.25) is 0 Å². The number of nitrogens with one attached hydrogen (secondary N) is 2. The second-order valence-corrected chi connectivity index (χ2v) is 6.29. The van der Waals surface area contributed by atoms with E-state index >= 15 is 0 Å². The molecule has 2 N–H and O–H groups in total. The predicted molar refractivity (Wildman–Crippen MR) is 98.2 cm³/mol. The zero-order valence-electron chi connectivity index (χ0n) is 14.4. The summed E-state index contributed by atoms with van der Waals surface area (Å²) in [7, 11) is 0. The van der Waals surface area contributed by atoms with Crippen molar-refractivity contribution >= 4 is 43.5 Å². The first kappa shape index (κ1) is 17.4. The minimum absolute atomic E-state index is 0.0172. The van der Waals surface area contributed by atoms with Crippen LogP contribution in [0, 0.1) is 13.8 Å². The molecule has 0 aliphatic rings. The maximum Gasteiger partial charge on any atom is 0.225 e. The number of carbonyl (C=O) groups excluding carboxylic acids is 1. The monoisotopic (exact) mass is 332 g/mol. The van der Waals surface area contributed by atoms with Gasteiger partial charge in [-0.05, 0) is 31.9 Å². The average molecular weight is 332 g/mol. The van der Waals surface area contributed by atoms with E-state index in [0.717, 1.165) is 39.0 Å². The molecule has 0 unspecified atom stereocenters. The van der Waals surface area contributed by atoms with Gasteiger partial charge in [0.1, 0.15) is 4.83 Å². The number of carbonyl (C=O) groups is 1. The van der Waals surface area contributed by atoms with Crippen molar-refractivity contribution in [3.05, 3.63) is 17.3 Å². The molecule has 3 heterocycles. The van der Waals surface area contributed by atoms with Gasteiger partial charge < -0.3 is 5.32 Å². The number of aromatic nitrogens is 3. The lowest BCUT2D eigenvalue weighted by atomic mass is 10.1. The largest absolute Gasteiger partial charge is 0.308 e. The third-order valence-corrected chi connectivity index (χ3v) is 4.59. The lowest BCUT2D eigenvalue weighted by Crippen LogP contribution is -2.11. The number of thiophene rings is 1. The normalized spacial score (nSPS) is 10.7. The summed E-state index contributed by atoms with van der Waals surface area (Å²) < 4.78 is 0.969. The lowest BCUT2D eigenvalue weighted by Gasteiger charge is -2.00. The van der Waals surface area contributed by atoms with Crippen LogP contribution in [0.15, 0.2) is 6.07 Å². The van der Waals surface area contributed by atoms with Gasteiger partial charge in [0.25, 0.3) is 0 Å². The van der Waals surface area contributed by atoms with Crippen LogP contribution in [0.5, 0.6) is 0 Å². The van der Waals surface area contributed by atoms with Gasteiger partial charge in [0.05, 0.1) is 10.2 Å². The van der Waals surface area contributed by atoms with Crippen molar-refractivity contribution in [3.63, 3.8) is 0 Å². The Labute approximate surface area is 140 Å². The van der Waals surface area contributed by atoms with Gasteiger partial charge in [-0.3, -0.25) is 9.89 Å². The fraction of sp³-hybridized carbons (Fsp3) is 0.471. The number of H-pyrrole nitrogens is 1. The first-order valence-electron chi connectivity index (χ1n) is 8.14. The van der Waals surface area contributed by atoms with E-state index in [2.05, 4.69) is 40.4 Å². The van der Waals surface area contributed by atoms with Gasteiger partial charge in [0.15, 0.2) is 5.82 Å². The molecule has 3 rings (SSSR count). The van der Waals surface area contributed by atoms with Gasteiger partial charge in [-0.15, -0.1) is 11.3 Å². The highest BCUT2D eigenvalue weighted by atomic mass is 32.1. The van der Waals surface area contributed by atoms with Gasteiger partial charge in [0.2, 0.25) is 5.91 Å². The van der Waals surface area contributed by atoms with E-state index < -0.39 is 0 Å². The van der Waals surface area contributed by atoms with Crippen molar-refractivity contribution in [1.29, 1.82) is 0 Å². The number of rotatable bonds is 4. The zero-order chi connectivity index (χ0) is 17.0. The Morgan fingerprint density at radius 1 is 1.35 bits per heavy atom. The number of fused-ring (bicyclic) bond motifs is 3. The number of aromatic amines is 1. The van der Waals surface area contributed by atoms with Gasteiger partial charge >= 0.3 is 0 Å². The Hall–Kier alpha value is -1.95. The first-order valence-corrected chi connectivity index (χ1v) is 8.96. The lowest BCUT2D eigenvalue weighted by molar-refractivity contribution is -0.116. The molecule has 6 heteroatoms. The van der Waals surface area contributed by atoms with E-state index in [4.69, 9.17) is 0 Å². The highest BCUT2D eigenvalue weighted by Gasteiger charge is 2.16. The molecule has 0 spiro atoms. The van der Waals surface area contributed by atoms with Gasteiger partial charge in [0, 0.05) is 17.5 Å². The summed E-state index contributed by atoms with van der Waals surface area (Å²) in [4.78, 5) is 17.4. The molecule has 3 aromatic heterocycles. The molecule has 124 valence electrons. The number of amides is 1. The SMILES string of the molecule is CC.CCCCC(=O)Nc1n[nH]c2c1sc1nc(C)cc(C)c12. The van der Waals surface area contributed by atoms with E-state index in [1.807, 2.05) is 20.8 Å². The second kappa shape index (κ2) is 7.55. The third-order valence-electron chi connectivity index (χ3n) is 3.50. The van der Waals surface area contributed by atoms with E-state index in [1.54, 1.807) is 11.3 Å². The van der Waals surface area contributed by atoms with E-state index in [-0.39, 0.29) is 5.91 Å². The fourth-order valence-electron chi connectivity index (χ4n) is 2.49. The molecule has 0 bridgehead atoms. The van der Waals surface area contributed by atoms with Crippen molar-refractivity contribution in [2.45, 2.75) is 53.9 Å². The molecule has 0 saturated carbocycles. The van der Waals surface area contributed by atoms with Crippen molar-refractivity contribution in [1.82, 2.24) is 15.2 Å². The summed E-state index contributed by atoms with van der Waals surface area (Å²) in [5.74, 6) is 0.634. The summed E-state index contributed by atoms with van der Waals surface area (Å²) in [5.41, 5.74) is 3.15. The maximum absolute atomic E-state index is 11.9. The fourth-order valence-corrected chi connectivity index (χ4v) is 3.69. The molecule has 1 amide bonds. The molecule has 0 saturated heterocycles. The van der Waals surface area contributed by atoms with Crippen LogP contribution in [0.25, 0.3) is 20.4 Å². The van der Waals surface area contributed by atoms with Crippen LogP contribution in [0.3, 0.4) is 0 Å². The standard InChI is InChI=1S/C15H18N4OS.C2H6/c1-4-5-6-10(20)17-14-13-12(18-19-14)11-8(2)7-9(3)16-15(11)21-13;1-2/h7H,4-6H2,1-3H3,(H2,17,18,19,20);1-2H3. The van der Waals surface area contributed by atoms with Crippen LogP contribution >= 0.6 is 11.3 Å². The second-order valence-electron chi connectivity index (χ2n) is 5.29. The molecule has 3 aromatic rings. The van der Waals surface area contributed by atoms with E-state index in [1.165, 1.54) is 5.56 Å². The summed E-state index contributed by atoms with van der Waals surface area (Å²) >= 11 is 1.57. The van der Waals surface area contributed by atoms with Crippen molar-refractivity contribution in [3.8, 4) is 0 Å². The summed E-state index contributed by atoms with van der Waals surface area (Å²) in [6, 6.07) is 2.06. The molecule has 0 fully saturated rings. The Bertz CT molecular complexity index is 819. The maximum atomic E-state index is 11.9. The van der Waals surface area contributed by atoms with Crippen molar-refractivity contribution in [2.75, 3.05) is 5.32 Å². The average Bonchev–Trinajstić information content (AvgIpc) is 3.06. The molecule has 0 atom stereocenters. The molecule has 23 heavy (non-hydrogen) atoms. The topological polar surface area (TPSA) is 70.7 Å². The van der Waals surface area contributed by atoms with E-state index in [9.17, 15) is 4.79 Å². The highest BCUT2D eigenvalue weighted by Crippen LogP contribution is 2.37. The quantitative estimate of drug-likeness (QED) is 0.710. The first-order chi connectivity index (χ1) is 11.1. The Morgan fingerprint density at radius 2 is 2.09 bits per heavy atom. The number of nitrogens with zero attached hydrogens (tertiary/aromatic N) is 2. The molecule has 5 nitrogen and oxygen atoms in total. The number of anilines is 1. The number of pyridine rings is 1. The number of hydrogen-bond acceptors (Lipinski definition) is 4. The summed E-state index contributed by atoms with van der Waals surface area (Å²) in [6.07, 6.45) is 2.44. The van der Waals surface area contributed by atoms with Gasteiger partial charge in [-0.2, -0.15) is 5.10 Å². The Morgan fingerprint density at radius 3 is 2.78 bits per heavy atom. The van der Waals surface area contributed by atoms with E-state index in [0.29, 0.717) is 12.2 Å². The molecule has 0 radical (unpaired) electrons. The van der Waals surface area contributed by atoms with Crippen molar-refractivity contribution in [2.24, 2.45) is 0 Å². The smallest absolute Gasteiger partial charge is 0.225 e. The van der Waals surface area contributed by atoms with Crippen LogP contribution in [-0.4, -0.2) is 21.1 Å². The van der Waals surface area contributed by atoms with Crippen LogP contribution in [-0.2, 0) is 4.79 Å². The summed E-state index contributed by atoms with van der Waals surface area (Å²) in [6.45, 7) is 10.1. The molecular weight excluding hydrogens is 308 g/mol. The molecular formula is C17H24N4OS. The van der Waals surface area contributed by atoms with Gasteiger partial charge in [-0.25, -0.2) is 4.98 Å². The zero-order valence-corrected chi connectivity index (χ0v) is 15.2.